The lowest BCUT2D eigenvalue weighted by Crippen LogP contribution is -2.15. The number of aromatic amines is 1. The first-order valence-corrected chi connectivity index (χ1v) is 6.37. The van der Waals surface area contributed by atoms with Crippen LogP contribution in [-0.2, 0) is 0 Å². The van der Waals surface area contributed by atoms with Gasteiger partial charge in [-0.05, 0) is 42.7 Å². The van der Waals surface area contributed by atoms with Crippen molar-refractivity contribution >= 4 is 5.69 Å². The molecule has 0 saturated heterocycles. The molecule has 0 saturated carbocycles. The summed E-state index contributed by atoms with van der Waals surface area (Å²) in [5.74, 6) is 0. The van der Waals surface area contributed by atoms with Crippen LogP contribution in [0.5, 0.6) is 0 Å². The number of benzene rings is 1. The van der Waals surface area contributed by atoms with Crippen molar-refractivity contribution in [3.8, 4) is 17.3 Å². The minimum absolute atomic E-state index is 0.191. The van der Waals surface area contributed by atoms with E-state index >= 15 is 0 Å². The maximum atomic E-state index is 11.9. The lowest BCUT2D eigenvalue weighted by Gasteiger charge is -2.14. The molecule has 0 atom stereocenters. The van der Waals surface area contributed by atoms with Gasteiger partial charge in [0, 0.05) is 19.8 Å². The molecule has 2 rings (SSSR count). The molecule has 0 radical (unpaired) electrons. The highest BCUT2D eigenvalue weighted by molar-refractivity contribution is 5.67. The first-order chi connectivity index (χ1) is 9.45. The Bertz CT molecular complexity index is 734. The highest BCUT2D eigenvalue weighted by Gasteiger charge is 2.12. The number of pyridine rings is 1. The van der Waals surface area contributed by atoms with E-state index in [0.717, 1.165) is 28.1 Å². The highest BCUT2D eigenvalue weighted by Crippen LogP contribution is 2.25. The fourth-order valence-electron chi connectivity index (χ4n) is 2.16. The summed E-state index contributed by atoms with van der Waals surface area (Å²) in [4.78, 5) is 16.7. The molecule has 1 aromatic heterocycles. The van der Waals surface area contributed by atoms with Gasteiger partial charge in [-0.15, -0.1) is 0 Å². The third-order valence-electron chi connectivity index (χ3n) is 3.56. The van der Waals surface area contributed by atoms with Gasteiger partial charge in [-0.3, -0.25) is 4.79 Å². The number of hydrogen-bond donors (Lipinski definition) is 1. The Hall–Kier alpha value is -2.54. The average Bonchev–Trinajstić information content (AvgIpc) is 2.43. The van der Waals surface area contributed by atoms with Gasteiger partial charge < -0.3 is 9.88 Å². The summed E-state index contributed by atoms with van der Waals surface area (Å²) in [7, 11) is 3.96. The largest absolute Gasteiger partial charge is 0.378 e. The highest BCUT2D eigenvalue weighted by atomic mass is 16.1. The number of nitrogens with zero attached hydrogens (tertiary/aromatic N) is 2. The lowest BCUT2D eigenvalue weighted by atomic mass is 9.99. The van der Waals surface area contributed by atoms with Gasteiger partial charge in [0.05, 0.1) is 5.69 Å². The van der Waals surface area contributed by atoms with Gasteiger partial charge in [-0.25, -0.2) is 0 Å². The summed E-state index contributed by atoms with van der Waals surface area (Å²) in [5, 5.41) is 9.01. The van der Waals surface area contributed by atoms with E-state index in [1.807, 2.05) is 56.3 Å². The average molecular weight is 267 g/mol. The molecular weight excluding hydrogens is 250 g/mol. The van der Waals surface area contributed by atoms with Crippen LogP contribution in [0.1, 0.15) is 16.7 Å². The second-order valence-electron chi connectivity index (χ2n) is 5.01. The van der Waals surface area contributed by atoms with Crippen LogP contribution < -0.4 is 10.5 Å². The van der Waals surface area contributed by atoms with Crippen molar-refractivity contribution in [2.24, 2.45) is 0 Å². The molecule has 20 heavy (non-hydrogen) atoms. The van der Waals surface area contributed by atoms with Crippen LogP contribution in [0.15, 0.2) is 29.1 Å². The van der Waals surface area contributed by atoms with Crippen molar-refractivity contribution in [2.45, 2.75) is 13.8 Å². The summed E-state index contributed by atoms with van der Waals surface area (Å²) >= 11 is 0. The SMILES string of the molecule is Cc1c(-c2ccc(N(C)C)cc2)[nH]c(=O)c(C#N)c1C. The molecule has 1 N–H and O–H groups in total. The molecule has 102 valence electrons. The van der Waals surface area contributed by atoms with Gasteiger partial charge in [0.1, 0.15) is 11.6 Å². The van der Waals surface area contributed by atoms with Crippen molar-refractivity contribution in [1.82, 2.24) is 4.98 Å². The molecule has 2 aromatic rings. The molecule has 0 aliphatic rings. The van der Waals surface area contributed by atoms with Crippen LogP contribution in [-0.4, -0.2) is 19.1 Å². The molecule has 1 aromatic carbocycles. The number of aromatic nitrogens is 1. The second kappa shape index (κ2) is 5.22. The summed E-state index contributed by atoms with van der Waals surface area (Å²) in [6, 6.07) is 9.90. The Labute approximate surface area is 118 Å². The predicted octanol–water partition coefficient (Wildman–Crippen LogP) is 2.60. The fourth-order valence-corrected chi connectivity index (χ4v) is 2.16. The Kier molecular flexibility index (Phi) is 3.62. The van der Waals surface area contributed by atoms with Gasteiger partial charge >= 0.3 is 0 Å². The third-order valence-corrected chi connectivity index (χ3v) is 3.56. The molecular formula is C16H17N3O. The standard InChI is InChI=1S/C16H17N3O/c1-10-11(2)15(18-16(20)14(10)9-17)12-5-7-13(8-6-12)19(3)4/h5-8H,1-4H3,(H,18,20). The monoisotopic (exact) mass is 267 g/mol. The lowest BCUT2D eigenvalue weighted by molar-refractivity contribution is 1.12. The summed E-state index contributed by atoms with van der Waals surface area (Å²) in [5.41, 5.74) is 4.34. The molecule has 0 aliphatic heterocycles. The topological polar surface area (TPSA) is 59.9 Å². The van der Waals surface area contributed by atoms with E-state index in [-0.39, 0.29) is 11.1 Å². The molecule has 4 heteroatoms. The van der Waals surface area contributed by atoms with Crippen LogP contribution in [0.2, 0.25) is 0 Å². The quantitative estimate of drug-likeness (QED) is 0.909. The number of nitriles is 1. The van der Waals surface area contributed by atoms with Crippen LogP contribution in [0.25, 0.3) is 11.3 Å². The van der Waals surface area contributed by atoms with Crippen LogP contribution >= 0.6 is 0 Å². The number of hydrogen-bond acceptors (Lipinski definition) is 3. The number of nitrogens with one attached hydrogen (secondary N) is 1. The summed E-state index contributed by atoms with van der Waals surface area (Å²) in [6.07, 6.45) is 0. The van der Waals surface area contributed by atoms with Crippen molar-refractivity contribution in [3.05, 3.63) is 51.3 Å². The van der Waals surface area contributed by atoms with Crippen LogP contribution in [0.3, 0.4) is 0 Å². The Morgan fingerprint density at radius 3 is 2.20 bits per heavy atom. The molecule has 0 unspecified atom stereocenters. The van der Waals surface area contributed by atoms with Crippen molar-refractivity contribution in [1.29, 1.82) is 5.26 Å². The normalized spacial score (nSPS) is 10.2. The second-order valence-corrected chi connectivity index (χ2v) is 5.01. The van der Waals surface area contributed by atoms with Crippen LogP contribution in [0, 0.1) is 25.2 Å². The van der Waals surface area contributed by atoms with Crippen molar-refractivity contribution < 1.29 is 0 Å². The maximum absolute atomic E-state index is 11.9. The van der Waals surface area contributed by atoms with E-state index in [0.29, 0.717) is 0 Å². The molecule has 0 aliphatic carbocycles. The van der Waals surface area contributed by atoms with Gasteiger partial charge in [-0.2, -0.15) is 5.26 Å². The summed E-state index contributed by atoms with van der Waals surface area (Å²) < 4.78 is 0. The molecule has 0 bridgehead atoms. The van der Waals surface area contributed by atoms with Gasteiger partial charge in [0.15, 0.2) is 0 Å². The Morgan fingerprint density at radius 2 is 1.70 bits per heavy atom. The van der Waals surface area contributed by atoms with E-state index in [2.05, 4.69) is 4.98 Å². The molecule has 0 spiro atoms. The first kappa shape index (κ1) is 13.9. The molecule has 0 fully saturated rings. The van der Waals surface area contributed by atoms with Gasteiger partial charge in [0.25, 0.3) is 5.56 Å². The predicted molar refractivity (Wildman–Crippen MR) is 81.0 cm³/mol. The number of rotatable bonds is 2. The third kappa shape index (κ3) is 2.30. The van der Waals surface area contributed by atoms with E-state index < -0.39 is 0 Å². The van der Waals surface area contributed by atoms with E-state index in [1.165, 1.54) is 0 Å². The zero-order valence-corrected chi connectivity index (χ0v) is 12.1. The minimum atomic E-state index is -0.331. The number of anilines is 1. The molecule has 1 heterocycles. The van der Waals surface area contributed by atoms with Crippen molar-refractivity contribution in [2.75, 3.05) is 19.0 Å². The fraction of sp³-hybridized carbons (Fsp3) is 0.250. The minimum Gasteiger partial charge on any atom is -0.378 e. The van der Waals surface area contributed by atoms with E-state index in [1.54, 1.807) is 6.92 Å². The Morgan fingerprint density at radius 1 is 1.10 bits per heavy atom. The van der Waals surface area contributed by atoms with Gasteiger partial charge in [-0.1, -0.05) is 12.1 Å². The van der Waals surface area contributed by atoms with Crippen LogP contribution in [0.4, 0.5) is 5.69 Å². The van der Waals surface area contributed by atoms with E-state index in [4.69, 9.17) is 5.26 Å². The van der Waals surface area contributed by atoms with Gasteiger partial charge in [0.2, 0.25) is 0 Å². The number of H-pyrrole nitrogens is 1. The first-order valence-electron chi connectivity index (χ1n) is 6.37. The zero-order valence-electron chi connectivity index (χ0n) is 12.1. The van der Waals surface area contributed by atoms with Crippen molar-refractivity contribution in [3.63, 3.8) is 0 Å². The smallest absolute Gasteiger partial charge is 0.266 e. The molecule has 4 nitrogen and oxygen atoms in total. The zero-order chi connectivity index (χ0) is 14.9. The maximum Gasteiger partial charge on any atom is 0.266 e. The molecule has 0 amide bonds. The summed E-state index contributed by atoms with van der Waals surface area (Å²) in [6.45, 7) is 3.72. The van der Waals surface area contributed by atoms with E-state index in [9.17, 15) is 4.79 Å². The Balaban J connectivity index is 2.59.